The van der Waals surface area contributed by atoms with E-state index in [-0.39, 0.29) is 39.1 Å². The Labute approximate surface area is 351 Å². The number of aliphatic hydroxyl groups excluding tert-OH is 4. The third-order valence-corrected chi connectivity index (χ3v) is 10.2. The number of hydrogen-bond acceptors (Lipinski definition) is 12. The molecule has 0 aromatic carbocycles. The molecule has 1 unspecified atom stereocenters. The molecule has 0 spiro atoms. The number of aliphatic hydroxyl groups is 4. The summed E-state index contributed by atoms with van der Waals surface area (Å²) in [7, 11) is 0. The van der Waals surface area contributed by atoms with Crippen molar-refractivity contribution < 1.29 is 38.0 Å². The Hall–Kier alpha value is -6.36. The van der Waals surface area contributed by atoms with Gasteiger partial charge in [0.25, 0.3) is 11.8 Å². The van der Waals surface area contributed by atoms with Gasteiger partial charge in [-0.05, 0) is 25.0 Å². The van der Waals surface area contributed by atoms with E-state index < -0.39 is 36.1 Å². The fourth-order valence-corrected chi connectivity index (χ4v) is 7.11. The van der Waals surface area contributed by atoms with Crippen molar-refractivity contribution in [1.82, 2.24) is 68.3 Å². The van der Waals surface area contributed by atoms with Crippen LogP contribution in [0.15, 0.2) is 86.5 Å². The second kappa shape index (κ2) is 17.9. The summed E-state index contributed by atoms with van der Waals surface area (Å²) in [4.78, 5) is 9.44. The number of halogens is 4. The largest absolute Gasteiger partial charge is 0.394 e. The minimum Gasteiger partial charge on any atom is -0.394 e. The fourth-order valence-electron chi connectivity index (χ4n) is 7.11. The van der Waals surface area contributed by atoms with Gasteiger partial charge in [0, 0.05) is 60.9 Å². The molecule has 0 radical (unpaired) electrons. The fraction of sp³-hybridized carbons (Fsp3) is 0.400. The van der Waals surface area contributed by atoms with Gasteiger partial charge in [-0.1, -0.05) is 13.8 Å². The summed E-state index contributed by atoms with van der Waals surface area (Å²) in [5.41, 5.74) is 6.22. The molecule has 0 bridgehead atoms. The number of fused-ring (bicyclic) bond motifs is 2. The molecule has 8 aromatic rings. The zero-order valence-electron chi connectivity index (χ0n) is 34.2. The van der Waals surface area contributed by atoms with Crippen molar-refractivity contribution in [2.24, 2.45) is 0 Å². The Morgan fingerprint density at radius 2 is 0.935 bits per heavy atom. The van der Waals surface area contributed by atoms with Crippen molar-refractivity contribution in [3.05, 3.63) is 86.5 Å². The molecule has 0 saturated carbocycles. The lowest BCUT2D eigenvalue weighted by Gasteiger charge is -2.22. The quantitative estimate of drug-likeness (QED) is 0.0963. The zero-order chi connectivity index (χ0) is 44.3. The SMILES string of the molecule is CCC(n1cc(-c2nc(-c3cnn(C[C@@H](O)CO)c3)cn3nccc23)cn1)C(C)(F)F.CC[C@H](n1cc(-c2nc(-c3cnn(C[C@@H](O)CO)c3)cn3nccc23)cn1)C(C)(F)F. The number of alkyl halides is 4. The smallest absolute Gasteiger partial charge is 0.267 e. The van der Waals surface area contributed by atoms with Gasteiger partial charge in [0.2, 0.25) is 0 Å². The van der Waals surface area contributed by atoms with Crippen LogP contribution < -0.4 is 0 Å². The number of hydrogen-bond donors (Lipinski definition) is 4. The van der Waals surface area contributed by atoms with Crippen LogP contribution in [0, 0.1) is 0 Å². The molecular formula is C40H46F4N14O4. The summed E-state index contributed by atoms with van der Waals surface area (Å²) < 4.78 is 64.7. The van der Waals surface area contributed by atoms with Crippen LogP contribution in [0.25, 0.3) is 56.1 Å². The van der Waals surface area contributed by atoms with E-state index in [1.165, 1.54) is 31.1 Å². The first-order valence-corrected chi connectivity index (χ1v) is 19.8. The Bertz CT molecular complexity index is 2540. The van der Waals surface area contributed by atoms with Gasteiger partial charge in [0.05, 0.1) is 122 Å². The van der Waals surface area contributed by atoms with E-state index in [0.29, 0.717) is 56.1 Å². The van der Waals surface area contributed by atoms with E-state index in [0.717, 1.165) is 13.8 Å². The van der Waals surface area contributed by atoms with E-state index in [1.807, 2.05) is 0 Å². The van der Waals surface area contributed by atoms with Crippen LogP contribution >= 0.6 is 0 Å². The van der Waals surface area contributed by atoms with Crippen LogP contribution in [0.5, 0.6) is 0 Å². The zero-order valence-corrected chi connectivity index (χ0v) is 34.2. The molecule has 18 nitrogen and oxygen atoms in total. The van der Waals surface area contributed by atoms with Crippen molar-refractivity contribution in [3.63, 3.8) is 0 Å². The molecule has 4 atom stereocenters. The van der Waals surface area contributed by atoms with Gasteiger partial charge in [-0.25, -0.2) is 36.6 Å². The minimum atomic E-state index is -2.91. The topological polar surface area (TPSA) is 213 Å². The molecule has 328 valence electrons. The first-order valence-electron chi connectivity index (χ1n) is 19.8. The monoisotopic (exact) mass is 862 g/mol. The third-order valence-electron chi connectivity index (χ3n) is 10.2. The first-order chi connectivity index (χ1) is 29.6. The molecule has 62 heavy (non-hydrogen) atoms. The molecule has 0 fully saturated rings. The molecule has 22 heteroatoms. The summed E-state index contributed by atoms with van der Waals surface area (Å²) in [6.45, 7) is 4.73. The van der Waals surface area contributed by atoms with Crippen molar-refractivity contribution >= 4 is 11.0 Å². The average Bonchev–Trinajstić information content (AvgIpc) is 4.08. The van der Waals surface area contributed by atoms with Gasteiger partial charge in [-0.2, -0.15) is 30.6 Å². The van der Waals surface area contributed by atoms with Gasteiger partial charge in [-0.15, -0.1) is 0 Å². The minimum absolute atomic E-state index is 0.143. The second-order valence-corrected chi connectivity index (χ2v) is 15.0. The predicted molar refractivity (Wildman–Crippen MR) is 217 cm³/mol. The highest BCUT2D eigenvalue weighted by atomic mass is 19.3. The maximum absolute atomic E-state index is 14.0. The van der Waals surface area contributed by atoms with Crippen molar-refractivity contribution in [2.75, 3.05) is 13.2 Å². The molecule has 0 aliphatic rings. The van der Waals surface area contributed by atoms with E-state index in [1.54, 1.807) is 97.0 Å². The molecule has 0 amide bonds. The van der Waals surface area contributed by atoms with Gasteiger partial charge in [-0.3, -0.25) is 18.7 Å². The van der Waals surface area contributed by atoms with Crippen LogP contribution in [0.3, 0.4) is 0 Å². The van der Waals surface area contributed by atoms with E-state index >= 15 is 0 Å². The normalized spacial score (nSPS) is 14.3. The van der Waals surface area contributed by atoms with Crippen LogP contribution in [0.4, 0.5) is 17.6 Å². The number of nitrogens with zero attached hydrogens (tertiary/aromatic N) is 14. The maximum Gasteiger partial charge on any atom is 0.267 e. The molecule has 8 rings (SSSR count). The third kappa shape index (κ3) is 9.42. The highest BCUT2D eigenvalue weighted by Crippen LogP contribution is 2.35. The van der Waals surface area contributed by atoms with Crippen LogP contribution in [0.2, 0.25) is 0 Å². The Morgan fingerprint density at radius 3 is 1.29 bits per heavy atom. The summed E-state index contributed by atoms with van der Waals surface area (Å²) in [5, 5.41) is 62.6. The molecule has 0 aliphatic carbocycles. The maximum atomic E-state index is 14.0. The van der Waals surface area contributed by atoms with E-state index in [9.17, 15) is 27.8 Å². The van der Waals surface area contributed by atoms with Gasteiger partial charge >= 0.3 is 0 Å². The highest BCUT2D eigenvalue weighted by molar-refractivity contribution is 5.79. The van der Waals surface area contributed by atoms with E-state index in [2.05, 4.69) is 30.6 Å². The molecular weight excluding hydrogens is 817 g/mol. The summed E-state index contributed by atoms with van der Waals surface area (Å²) in [5.74, 6) is -5.82. The Balaban J connectivity index is 0.000000186. The Kier molecular flexibility index (Phi) is 12.6. The van der Waals surface area contributed by atoms with Crippen molar-refractivity contribution in [1.29, 1.82) is 0 Å². The summed E-state index contributed by atoms with van der Waals surface area (Å²) in [6, 6.07) is 1.47. The van der Waals surface area contributed by atoms with Gasteiger partial charge in [0.15, 0.2) is 0 Å². The predicted octanol–water partition coefficient (Wildman–Crippen LogP) is 4.83. The summed E-state index contributed by atoms with van der Waals surface area (Å²) in [6.07, 6.45) is 18.2. The molecule has 0 aliphatic heterocycles. The van der Waals surface area contributed by atoms with Crippen LogP contribution in [0.1, 0.15) is 52.6 Å². The van der Waals surface area contributed by atoms with Gasteiger partial charge < -0.3 is 20.4 Å². The Morgan fingerprint density at radius 1 is 0.548 bits per heavy atom. The average molecular weight is 863 g/mol. The van der Waals surface area contributed by atoms with Crippen molar-refractivity contribution in [2.45, 2.75) is 89.8 Å². The lowest BCUT2D eigenvalue weighted by Crippen LogP contribution is -2.27. The van der Waals surface area contributed by atoms with Crippen LogP contribution in [-0.4, -0.2) is 126 Å². The van der Waals surface area contributed by atoms with Crippen molar-refractivity contribution in [3.8, 4) is 45.0 Å². The number of aromatic nitrogens is 14. The summed E-state index contributed by atoms with van der Waals surface area (Å²) >= 11 is 0. The molecule has 4 N–H and O–H groups in total. The number of rotatable bonds is 16. The van der Waals surface area contributed by atoms with Crippen LogP contribution in [-0.2, 0) is 13.1 Å². The lowest BCUT2D eigenvalue weighted by atomic mass is 10.1. The second-order valence-electron chi connectivity index (χ2n) is 15.0. The van der Waals surface area contributed by atoms with Gasteiger partial charge in [0.1, 0.15) is 12.1 Å². The first kappa shape index (κ1) is 43.7. The molecule has 0 saturated heterocycles. The molecule has 8 aromatic heterocycles. The molecule has 8 heterocycles. The highest BCUT2D eigenvalue weighted by Gasteiger charge is 2.36. The standard InChI is InChI=1S/2C20H23F2N7O2/c2*1-3-18(20(2,21)22)29-9-14(7-25-29)19-17-4-5-23-28(17)11-16(26-19)13-6-24-27(8-13)10-15(31)12-30/h2*4-9,11,15,18,30-31H,3,10,12H2,1-2H3/t15-,18?;15-,18+/m11/s1. The lowest BCUT2D eigenvalue weighted by molar-refractivity contribution is -0.0390. The van der Waals surface area contributed by atoms with E-state index in [4.69, 9.17) is 20.2 Å².